The topological polar surface area (TPSA) is 388 Å². The minimum Gasteiger partial charge on any atom is -0.481 e. The molecule has 0 bridgehead atoms. The minimum atomic E-state index is -1.70. The fourth-order valence-electron chi connectivity index (χ4n) is 7.93. The van der Waals surface area contributed by atoms with Crippen LogP contribution in [-0.2, 0) is 65.6 Å². The maximum absolute atomic E-state index is 14.2. The standard InChI is InChI=1S/C49H66N12O12/c1-5-27(4)43(61-46(70)34(14-15-42(66)67)58-47(71)35(18-26(2)3)56-40(64)22-50)49(73)60-38(21-39(51)63)45(69)55-25-41(65)57-37(20-29-24-54-33-13-9-7-11-31(29)33)48(72)59-36(44(68)52-16-17-62)19-28-23-53-32-12-8-6-10-30(28)32/h6-13,17,23-24,26-27,34-38,43,53-54H,5,14-16,18-22,25,50H2,1-4H3,(H2,51,63)(H,52,68)(H,55,69)(H,56,64)(H,57,65)(H,58,71)(H,59,72)(H,60,73)(H,61,70)(H,66,67)/t27-,34-,35-,36-,37-,38-,43-/m0/s1. The van der Waals surface area contributed by atoms with Crippen LogP contribution in [-0.4, -0.2) is 136 Å². The zero-order valence-corrected chi connectivity index (χ0v) is 41.1. The van der Waals surface area contributed by atoms with Crippen molar-refractivity contribution in [3.05, 3.63) is 72.1 Å². The fourth-order valence-corrected chi connectivity index (χ4v) is 7.93. The smallest absolute Gasteiger partial charge is 0.303 e. The number of nitrogens with two attached hydrogens (primary N) is 2. The lowest BCUT2D eigenvalue weighted by molar-refractivity contribution is -0.139. The molecule has 7 atom stereocenters. The predicted molar refractivity (Wildman–Crippen MR) is 266 cm³/mol. The maximum Gasteiger partial charge on any atom is 0.303 e. The molecule has 24 nitrogen and oxygen atoms in total. The molecule has 0 unspecified atom stereocenters. The van der Waals surface area contributed by atoms with E-state index in [0.717, 1.165) is 21.8 Å². The molecule has 0 radical (unpaired) electrons. The van der Waals surface area contributed by atoms with E-state index in [1.165, 1.54) is 0 Å². The molecule has 0 aliphatic rings. The third kappa shape index (κ3) is 17.6. The van der Waals surface area contributed by atoms with Gasteiger partial charge in [0.15, 0.2) is 0 Å². The van der Waals surface area contributed by atoms with Gasteiger partial charge in [0.2, 0.25) is 53.2 Å². The van der Waals surface area contributed by atoms with Crippen molar-refractivity contribution in [3.8, 4) is 0 Å². The second kappa shape index (κ2) is 28.0. The van der Waals surface area contributed by atoms with E-state index in [-0.39, 0.29) is 38.1 Å². The minimum absolute atomic E-state index is 0.00393. The van der Waals surface area contributed by atoms with E-state index in [1.807, 2.05) is 36.4 Å². The highest BCUT2D eigenvalue weighted by molar-refractivity contribution is 5.99. The Hall–Kier alpha value is -8.15. The maximum atomic E-state index is 14.2. The number of para-hydroxylation sites is 2. The van der Waals surface area contributed by atoms with E-state index in [1.54, 1.807) is 52.2 Å². The number of carboxylic acid groups (broad SMARTS) is 1. The summed E-state index contributed by atoms with van der Waals surface area (Å²) in [6.07, 6.45) is 2.41. The van der Waals surface area contributed by atoms with Crippen LogP contribution < -0.4 is 54.0 Å². The van der Waals surface area contributed by atoms with Gasteiger partial charge in [0.05, 0.1) is 26.1 Å². The van der Waals surface area contributed by atoms with Crippen molar-refractivity contribution in [1.29, 1.82) is 0 Å². The Kier molecular flexibility index (Phi) is 22.1. The summed E-state index contributed by atoms with van der Waals surface area (Å²) in [6, 6.07) is 6.18. The van der Waals surface area contributed by atoms with Crippen LogP contribution in [0.3, 0.4) is 0 Å². The van der Waals surface area contributed by atoms with Gasteiger partial charge >= 0.3 is 5.97 Å². The number of fused-ring (bicyclic) bond motifs is 2. The second-order valence-corrected chi connectivity index (χ2v) is 18.0. The van der Waals surface area contributed by atoms with Gasteiger partial charge in [0.1, 0.15) is 42.5 Å². The van der Waals surface area contributed by atoms with E-state index in [2.05, 4.69) is 52.5 Å². The first-order valence-corrected chi connectivity index (χ1v) is 23.8. The van der Waals surface area contributed by atoms with E-state index < -0.39 is 134 Å². The summed E-state index contributed by atoms with van der Waals surface area (Å²) >= 11 is 0. The summed E-state index contributed by atoms with van der Waals surface area (Å²) in [7, 11) is 0. The molecule has 0 aliphatic heterocycles. The molecule has 4 aromatic rings. The Labute approximate surface area is 420 Å². The van der Waals surface area contributed by atoms with Crippen LogP contribution in [0.25, 0.3) is 21.8 Å². The summed E-state index contributed by atoms with van der Waals surface area (Å²) in [6.45, 7) is 5.32. The Balaban J connectivity index is 1.52. The highest BCUT2D eigenvalue weighted by atomic mass is 16.4. The molecule has 0 spiro atoms. The average molecular weight is 1020 g/mol. The number of benzene rings is 2. The van der Waals surface area contributed by atoms with E-state index in [4.69, 9.17) is 11.5 Å². The van der Waals surface area contributed by atoms with Gasteiger partial charge in [-0.25, -0.2) is 0 Å². The number of hydrogen-bond acceptors (Lipinski definition) is 12. The van der Waals surface area contributed by atoms with Crippen molar-refractivity contribution in [2.75, 3.05) is 19.6 Å². The molecule has 0 saturated carbocycles. The van der Waals surface area contributed by atoms with Crippen molar-refractivity contribution in [2.45, 2.75) is 109 Å². The summed E-state index contributed by atoms with van der Waals surface area (Å²) in [5.74, 6) is -9.86. The van der Waals surface area contributed by atoms with E-state index >= 15 is 0 Å². The number of hydrogen-bond donors (Lipinski definition) is 13. The number of carbonyl (C=O) groups is 11. The zero-order chi connectivity index (χ0) is 53.8. The number of amides is 9. The lowest BCUT2D eigenvalue weighted by Gasteiger charge is -2.29. The van der Waals surface area contributed by atoms with Crippen LogP contribution in [0.1, 0.15) is 70.9 Å². The zero-order valence-electron chi connectivity index (χ0n) is 41.1. The molecule has 2 aromatic heterocycles. The lowest BCUT2D eigenvalue weighted by atomic mass is 9.96. The van der Waals surface area contributed by atoms with E-state index in [9.17, 15) is 57.8 Å². The predicted octanol–water partition coefficient (Wildman–Crippen LogP) is -1.43. The Morgan fingerprint density at radius 3 is 1.67 bits per heavy atom. The number of aromatic nitrogens is 2. The Morgan fingerprint density at radius 2 is 1.14 bits per heavy atom. The first kappa shape index (κ1) is 57.4. The molecule has 4 rings (SSSR count). The molecule has 0 fully saturated rings. The van der Waals surface area contributed by atoms with E-state index in [0.29, 0.717) is 17.4 Å². The van der Waals surface area contributed by atoms with Gasteiger partial charge in [0, 0.05) is 53.5 Å². The Bertz CT molecular complexity index is 2630. The molecule has 394 valence electrons. The number of primary amides is 1. The fraction of sp³-hybridized carbons (Fsp3) is 0.449. The second-order valence-electron chi connectivity index (χ2n) is 18.0. The number of H-pyrrole nitrogens is 2. The highest BCUT2D eigenvalue weighted by Gasteiger charge is 2.35. The first-order valence-electron chi connectivity index (χ1n) is 23.8. The van der Waals surface area contributed by atoms with Gasteiger partial charge in [-0.2, -0.15) is 0 Å². The molecule has 24 heteroatoms. The van der Waals surface area contributed by atoms with Crippen molar-refractivity contribution in [2.24, 2.45) is 23.3 Å². The Morgan fingerprint density at radius 1 is 0.630 bits per heavy atom. The van der Waals surface area contributed by atoms with Crippen molar-refractivity contribution < 1.29 is 57.8 Å². The van der Waals surface area contributed by atoms with Gasteiger partial charge in [0.25, 0.3) is 0 Å². The number of aldehydes is 1. The number of rotatable bonds is 30. The summed E-state index contributed by atoms with van der Waals surface area (Å²) < 4.78 is 0. The van der Waals surface area contributed by atoms with Crippen LogP contribution in [0, 0.1) is 11.8 Å². The van der Waals surface area contributed by atoms with Crippen LogP contribution >= 0.6 is 0 Å². The molecule has 15 N–H and O–H groups in total. The third-order valence-corrected chi connectivity index (χ3v) is 11.9. The highest BCUT2D eigenvalue weighted by Crippen LogP contribution is 2.21. The van der Waals surface area contributed by atoms with Crippen LogP contribution in [0.2, 0.25) is 0 Å². The molecule has 73 heavy (non-hydrogen) atoms. The van der Waals surface area contributed by atoms with Gasteiger partial charge in [-0.15, -0.1) is 0 Å². The molecular formula is C49H66N12O12. The van der Waals surface area contributed by atoms with Gasteiger partial charge in [-0.05, 0) is 47.9 Å². The number of carbonyl (C=O) groups excluding carboxylic acids is 10. The summed E-state index contributed by atoms with van der Waals surface area (Å²) in [5, 5.41) is 31.0. The van der Waals surface area contributed by atoms with Gasteiger partial charge in [-0.1, -0.05) is 70.5 Å². The summed E-state index contributed by atoms with van der Waals surface area (Å²) in [4.78, 5) is 150. The van der Waals surface area contributed by atoms with Gasteiger partial charge in [-0.3, -0.25) is 47.9 Å². The van der Waals surface area contributed by atoms with Crippen molar-refractivity contribution in [3.63, 3.8) is 0 Å². The number of aliphatic carboxylic acids is 1. The largest absolute Gasteiger partial charge is 0.481 e. The number of carboxylic acids is 1. The average Bonchev–Trinajstić information content (AvgIpc) is 3.97. The van der Waals surface area contributed by atoms with Gasteiger partial charge < -0.3 is 73.9 Å². The van der Waals surface area contributed by atoms with Crippen LogP contribution in [0.4, 0.5) is 0 Å². The summed E-state index contributed by atoms with van der Waals surface area (Å²) in [5.41, 5.74) is 13.7. The SMILES string of the molecule is CC[C@H](C)[C@H](NC(=O)[C@H](CCC(=O)O)NC(=O)[C@H](CC(C)C)NC(=O)CN)C(=O)N[C@@H](CC(N)=O)C(=O)NCC(=O)N[C@@H](Cc1c[nH]c2ccccc12)C(=O)N[C@@H](Cc1c[nH]c2ccccc12)C(=O)NCC=O. The third-order valence-electron chi connectivity index (χ3n) is 11.9. The molecule has 2 heterocycles. The monoisotopic (exact) mass is 1010 g/mol. The normalized spacial score (nSPS) is 14.0. The molecule has 0 aliphatic carbocycles. The van der Waals surface area contributed by atoms with Crippen molar-refractivity contribution >= 4 is 87.2 Å². The number of aromatic amines is 2. The van der Waals surface area contributed by atoms with Crippen LogP contribution in [0.5, 0.6) is 0 Å². The first-order chi connectivity index (χ1) is 34.7. The van der Waals surface area contributed by atoms with Crippen molar-refractivity contribution in [1.82, 2.24) is 52.5 Å². The molecule has 9 amide bonds. The molecule has 0 saturated heterocycles. The number of nitrogens with one attached hydrogen (secondary N) is 10. The molecule has 2 aromatic carbocycles. The van der Waals surface area contributed by atoms with Crippen LogP contribution in [0.15, 0.2) is 60.9 Å². The molecular weight excluding hydrogens is 949 g/mol. The lowest BCUT2D eigenvalue weighted by Crippen LogP contribution is -2.60. The quantitative estimate of drug-likeness (QED) is 0.0267.